The fourth-order valence-corrected chi connectivity index (χ4v) is 2.23. The lowest BCUT2D eigenvalue weighted by Gasteiger charge is -2.14. The van der Waals surface area contributed by atoms with Crippen molar-refractivity contribution in [2.75, 3.05) is 5.32 Å². The first-order valence-electron chi connectivity index (χ1n) is 6.68. The Hall–Kier alpha value is -2.34. The average Bonchev–Trinajstić information content (AvgIpc) is 2.48. The number of nitrogens with two attached hydrogens (primary N) is 1. The maximum Gasteiger partial charge on any atom is 0.316 e. The second-order valence-electron chi connectivity index (χ2n) is 4.81. The van der Waals surface area contributed by atoms with E-state index in [0.29, 0.717) is 11.3 Å². The number of anilines is 1. The first-order valence-corrected chi connectivity index (χ1v) is 7.48. The zero-order valence-corrected chi connectivity index (χ0v) is 13.6. The topological polar surface area (TPSA) is 84.2 Å². The molecule has 0 spiro atoms. The summed E-state index contributed by atoms with van der Waals surface area (Å²) >= 11 is 3.38. The molecular weight excluding hydrogens is 346 g/mol. The van der Waals surface area contributed by atoms with Gasteiger partial charge < -0.3 is 16.4 Å². The van der Waals surface area contributed by atoms with Crippen LogP contribution in [0.4, 0.5) is 10.5 Å². The van der Waals surface area contributed by atoms with Crippen LogP contribution in [0.3, 0.4) is 0 Å². The molecule has 22 heavy (non-hydrogen) atoms. The number of halogens is 1. The van der Waals surface area contributed by atoms with Crippen LogP contribution in [0, 0.1) is 0 Å². The van der Waals surface area contributed by atoms with Gasteiger partial charge >= 0.3 is 6.03 Å². The minimum Gasteiger partial charge on any atom is -0.351 e. The molecule has 0 aliphatic carbocycles. The summed E-state index contributed by atoms with van der Waals surface area (Å²) in [6.45, 7) is 1.92. The SMILES string of the molecule is CC(NC(=O)c1ccc(NC(N)=O)cc1)c1ccc(Br)cc1. The lowest BCUT2D eigenvalue weighted by atomic mass is 10.1. The van der Waals surface area contributed by atoms with E-state index in [2.05, 4.69) is 26.6 Å². The molecule has 2 aromatic carbocycles. The molecule has 0 bridgehead atoms. The summed E-state index contributed by atoms with van der Waals surface area (Å²) in [6, 6.07) is 13.6. The molecule has 114 valence electrons. The summed E-state index contributed by atoms with van der Waals surface area (Å²) in [4.78, 5) is 22.9. The van der Waals surface area contributed by atoms with Gasteiger partial charge in [-0.3, -0.25) is 4.79 Å². The molecule has 0 saturated heterocycles. The van der Waals surface area contributed by atoms with Crippen LogP contribution in [0.5, 0.6) is 0 Å². The van der Waals surface area contributed by atoms with Gasteiger partial charge in [-0.2, -0.15) is 0 Å². The van der Waals surface area contributed by atoms with Gasteiger partial charge in [-0.05, 0) is 48.9 Å². The van der Waals surface area contributed by atoms with E-state index in [1.54, 1.807) is 24.3 Å². The quantitative estimate of drug-likeness (QED) is 0.779. The highest BCUT2D eigenvalue weighted by Crippen LogP contribution is 2.17. The Morgan fingerprint density at radius 3 is 2.18 bits per heavy atom. The van der Waals surface area contributed by atoms with E-state index in [-0.39, 0.29) is 11.9 Å². The lowest BCUT2D eigenvalue weighted by Crippen LogP contribution is -2.26. The average molecular weight is 362 g/mol. The zero-order valence-electron chi connectivity index (χ0n) is 12.0. The number of rotatable bonds is 4. The van der Waals surface area contributed by atoms with Crippen molar-refractivity contribution in [1.82, 2.24) is 5.32 Å². The van der Waals surface area contributed by atoms with Crippen LogP contribution >= 0.6 is 15.9 Å². The van der Waals surface area contributed by atoms with Gasteiger partial charge in [-0.25, -0.2) is 4.79 Å². The van der Waals surface area contributed by atoms with Gasteiger partial charge in [0.25, 0.3) is 5.91 Å². The monoisotopic (exact) mass is 361 g/mol. The van der Waals surface area contributed by atoms with E-state index in [1.165, 1.54) is 0 Å². The Morgan fingerprint density at radius 1 is 1.05 bits per heavy atom. The minimum absolute atomic E-state index is 0.107. The summed E-state index contributed by atoms with van der Waals surface area (Å²) in [5.74, 6) is -0.180. The molecule has 0 aromatic heterocycles. The molecule has 0 aliphatic heterocycles. The smallest absolute Gasteiger partial charge is 0.316 e. The van der Waals surface area contributed by atoms with Crippen LogP contribution in [0.2, 0.25) is 0 Å². The molecule has 6 heteroatoms. The summed E-state index contributed by atoms with van der Waals surface area (Å²) in [5.41, 5.74) is 7.11. The molecule has 4 N–H and O–H groups in total. The second-order valence-corrected chi connectivity index (χ2v) is 5.73. The predicted molar refractivity (Wildman–Crippen MR) is 89.7 cm³/mol. The molecule has 3 amide bonds. The molecule has 1 atom stereocenters. The number of benzene rings is 2. The maximum atomic E-state index is 12.2. The first kappa shape index (κ1) is 16.0. The third kappa shape index (κ3) is 4.33. The standard InChI is InChI=1S/C16H16BrN3O2/c1-10(11-2-6-13(17)7-3-11)19-15(21)12-4-8-14(9-5-12)20-16(18)22/h2-10H,1H3,(H,19,21)(H3,18,20,22). The number of hydrogen-bond acceptors (Lipinski definition) is 2. The molecular formula is C16H16BrN3O2. The molecule has 0 fully saturated rings. The van der Waals surface area contributed by atoms with Gasteiger partial charge in [-0.1, -0.05) is 28.1 Å². The van der Waals surface area contributed by atoms with E-state index in [9.17, 15) is 9.59 Å². The largest absolute Gasteiger partial charge is 0.351 e. The maximum absolute atomic E-state index is 12.2. The van der Waals surface area contributed by atoms with Crippen molar-refractivity contribution in [2.45, 2.75) is 13.0 Å². The van der Waals surface area contributed by atoms with Crippen LogP contribution in [-0.2, 0) is 0 Å². The van der Waals surface area contributed by atoms with E-state index in [4.69, 9.17) is 5.73 Å². The van der Waals surface area contributed by atoms with E-state index >= 15 is 0 Å². The van der Waals surface area contributed by atoms with Gasteiger partial charge in [0.1, 0.15) is 0 Å². The lowest BCUT2D eigenvalue weighted by molar-refractivity contribution is 0.0940. The number of hydrogen-bond donors (Lipinski definition) is 3. The number of amides is 3. The van der Waals surface area contributed by atoms with Crippen molar-refractivity contribution < 1.29 is 9.59 Å². The number of urea groups is 1. The molecule has 0 saturated carbocycles. The number of carbonyl (C=O) groups is 2. The van der Waals surface area contributed by atoms with Gasteiger partial charge in [0.15, 0.2) is 0 Å². The second kappa shape index (κ2) is 7.09. The predicted octanol–water partition coefficient (Wildman–Crippen LogP) is 3.43. The summed E-state index contributed by atoms with van der Waals surface area (Å²) in [7, 11) is 0. The van der Waals surface area contributed by atoms with Crippen molar-refractivity contribution in [1.29, 1.82) is 0 Å². The third-order valence-corrected chi connectivity index (χ3v) is 3.66. The van der Waals surface area contributed by atoms with Crippen LogP contribution < -0.4 is 16.4 Å². The van der Waals surface area contributed by atoms with Crippen LogP contribution in [0.25, 0.3) is 0 Å². The molecule has 0 heterocycles. The van der Waals surface area contributed by atoms with E-state index < -0.39 is 6.03 Å². The highest BCUT2D eigenvalue weighted by atomic mass is 79.9. The van der Waals surface area contributed by atoms with Crippen molar-refractivity contribution in [2.24, 2.45) is 5.73 Å². The Balaban J connectivity index is 2.02. The van der Waals surface area contributed by atoms with Crippen molar-refractivity contribution in [3.05, 3.63) is 64.1 Å². The molecule has 2 rings (SSSR count). The Kier molecular flexibility index (Phi) is 5.16. The zero-order chi connectivity index (χ0) is 16.1. The Bertz CT molecular complexity index is 669. The normalized spacial score (nSPS) is 11.5. The van der Waals surface area contributed by atoms with Gasteiger partial charge in [0.2, 0.25) is 0 Å². The summed E-state index contributed by atoms with van der Waals surface area (Å²) < 4.78 is 0.993. The number of nitrogens with one attached hydrogen (secondary N) is 2. The minimum atomic E-state index is -0.638. The van der Waals surface area contributed by atoms with Crippen molar-refractivity contribution in [3.63, 3.8) is 0 Å². The first-order chi connectivity index (χ1) is 10.5. The van der Waals surface area contributed by atoms with Crippen LogP contribution in [0.15, 0.2) is 53.0 Å². The fraction of sp³-hybridized carbons (Fsp3) is 0.125. The summed E-state index contributed by atoms with van der Waals surface area (Å²) in [5, 5.41) is 5.37. The van der Waals surface area contributed by atoms with E-state index in [0.717, 1.165) is 10.0 Å². The highest BCUT2D eigenvalue weighted by Gasteiger charge is 2.11. The summed E-state index contributed by atoms with van der Waals surface area (Å²) in [6.07, 6.45) is 0. The van der Waals surface area contributed by atoms with Crippen LogP contribution in [-0.4, -0.2) is 11.9 Å². The molecule has 5 nitrogen and oxygen atoms in total. The van der Waals surface area contributed by atoms with Crippen molar-refractivity contribution >= 4 is 33.6 Å². The molecule has 2 aromatic rings. The van der Waals surface area contributed by atoms with Gasteiger partial charge in [-0.15, -0.1) is 0 Å². The van der Waals surface area contributed by atoms with E-state index in [1.807, 2.05) is 31.2 Å². The Labute approximate surface area is 137 Å². The van der Waals surface area contributed by atoms with Crippen molar-refractivity contribution in [3.8, 4) is 0 Å². The number of carbonyl (C=O) groups excluding carboxylic acids is 2. The van der Waals surface area contributed by atoms with Gasteiger partial charge in [0, 0.05) is 15.7 Å². The number of primary amides is 1. The molecule has 1 unspecified atom stereocenters. The molecule has 0 aliphatic rings. The van der Waals surface area contributed by atoms with Crippen LogP contribution in [0.1, 0.15) is 28.9 Å². The van der Waals surface area contributed by atoms with Gasteiger partial charge in [0.05, 0.1) is 6.04 Å². The fourth-order valence-electron chi connectivity index (χ4n) is 1.96. The molecule has 0 radical (unpaired) electrons. The third-order valence-electron chi connectivity index (χ3n) is 3.13. The Morgan fingerprint density at radius 2 is 1.64 bits per heavy atom. The highest BCUT2D eigenvalue weighted by molar-refractivity contribution is 9.10.